The topological polar surface area (TPSA) is 53.3 Å². The molecule has 21 heavy (non-hydrogen) atoms. The van der Waals surface area contributed by atoms with Gasteiger partial charge in [0, 0.05) is 23.7 Å². The van der Waals surface area contributed by atoms with Crippen molar-refractivity contribution in [3.63, 3.8) is 0 Å². The van der Waals surface area contributed by atoms with Gasteiger partial charge in [-0.1, -0.05) is 11.6 Å². The Morgan fingerprint density at radius 2 is 2.19 bits per heavy atom. The summed E-state index contributed by atoms with van der Waals surface area (Å²) in [5, 5.41) is 9.81. The molecule has 2 rings (SSSR count). The summed E-state index contributed by atoms with van der Waals surface area (Å²) in [6.45, 7) is 3.81. The number of likely N-dealkylation sites (tertiary alicyclic amines) is 1. The highest BCUT2D eigenvalue weighted by Gasteiger charge is 2.21. The van der Waals surface area contributed by atoms with Gasteiger partial charge in [-0.3, -0.25) is 4.79 Å². The van der Waals surface area contributed by atoms with E-state index in [1.165, 1.54) is 0 Å². The maximum atomic E-state index is 12.3. The molecule has 1 aromatic carbocycles. The quantitative estimate of drug-likeness (QED) is 0.633. The van der Waals surface area contributed by atoms with Gasteiger partial charge >= 0.3 is 0 Å². The number of amides is 1. The first-order valence-corrected chi connectivity index (χ1v) is 7.37. The molecule has 0 N–H and O–H groups in total. The maximum absolute atomic E-state index is 12.3. The summed E-state index contributed by atoms with van der Waals surface area (Å²) in [5.74, 6) is 0.390. The molecule has 1 amide bonds. The predicted molar refractivity (Wildman–Crippen MR) is 82.0 cm³/mol. The summed E-state index contributed by atoms with van der Waals surface area (Å²) in [5.41, 5.74) is 0.758. The Morgan fingerprint density at radius 1 is 1.48 bits per heavy atom. The van der Waals surface area contributed by atoms with E-state index >= 15 is 0 Å². The molecule has 0 radical (unpaired) electrons. The summed E-state index contributed by atoms with van der Waals surface area (Å²) >= 11 is 5.99. The average molecular weight is 305 g/mol. The Labute approximate surface area is 129 Å². The van der Waals surface area contributed by atoms with Crippen LogP contribution in [-0.4, -0.2) is 30.5 Å². The summed E-state index contributed by atoms with van der Waals surface area (Å²) < 4.78 is 5.51. The van der Waals surface area contributed by atoms with Gasteiger partial charge in [0.2, 0.25) is 0 Å². The SMILES string of the molecule is CCOc1ccc(Cl)cc1/C=C(\C#N)C(=O)N1CCCC1. The smallest absolute Gasteiger partial charge is 0.264 e. The molecule has 1 saturated heterocycles. The number of hydrogen-bond acceptors (Lipinski definition) is 3. The summed E-state index contributed by atoms with van der Waals surface area (Å²) in [4.78, 5) is 14.0. The normalized spacial score (nSPS) is 14.9. The lowest BCUT2D eigenvalue weighted by atomic mass is 10.1. The van der Waals surface area contributed by atoms with Crippen molar-refractivity contribution in [1.29, 1.82) is 5.26 Å². The van der Waals surface area contributed by atoms with Crippen molar-refractivity contribution >= 4 is 23.6 Å². The minimum absolute atomic E-state index is 0.111. The second kappa shape index (κ2) is 7.14. The van der Waals surface area contributed by atoms with Crippen LogP contribution in [0.1, 0.15) is 25.3 Å². The van der Waals surface area contributed by atoms with Gasteiger partial charge in [0.1, 0.15) is 17.4 Å². The molecule has 5 heteroatoms. The van der Waals surface area contributed by atoms with E-state index in [4.69, 9.17) is 16.3 Å². The Hall–Kier alpha value is -1.99. The fourth-order valence-corrected chi connectivity index (χ4v) is 2.49. The zero-order chi connectivity index (χ0) is 15.2. The number of nitrogens with zero attached hydrogens (tertiary/aromatic N) is 2. The van der Waals surface area contributed by atoms with E-state index in [1.54, 1.807) is 29.2 Å². The van der Waals surface area contributed by atoms with E-state index < -0.39 is 0 Å². The van der Waals surface area contributed by atoms with Crippen molar-refractivity contribution in [2.45, 2.75) is 19.8 Å². The van der Waals surface area contributed by atoms with Crippen LogP contribution >= 0.6 is 11.6 Å². The first-order valence-electron chi connectivity index (χ1n) is 6.99. The Bertz CT molecular complexity index is 599. The molecule has 0 aromatic heterocycles. The fourth-order valence-electron chi connectivity index (χ4n) is 2.31. The monoisotopic (exact) mass is 304 g/mol. The number of rotatable bonds is 4. The molecule has 0 bridgehead atoms. The van der Waals surface area contributed by atoms with Crippen LogP contribution in [-0.2, 0) is 4.79 Å². The van der Waals surface area contributed by atoms with Gasteiger partial charge < -0.3 is 9.64 Å². The third-order valence-corrected chi connectivity index (χ3v) is 3.55. The molecule has 0 saturated carbocycles. The third-order valence-electron chi connectivity index (χ3n) is 3.32. The molecule has 110 valence electrons. The molecule has 1 aliphatic rings. The van der Waals surface area contributed by atoms with Crippen LogP contribution < -0.4 is 4.74 Å². The van der Waals surface area contributed by atoms with Crippen molar-refractivity contribution in [2.75, 3.05) is 19.7 Å². The largest absolute Gasteiger partial charge is 0.493 e. The number of carbonyl (C=O) groups is 1. The molecule has 0 unspecified atom stereocenters. The Kier molecular flexibility index (Phi) is 5.24. The number of nitriles is 1. The molecule has 0 atom stereocenters. The number of benzene rings is 1. The van der Waals surface area contributed by atoms with E-state index in [0.29, 0.717) is 36.0 Å². The minimum Gasteiger partial charge on any atom is -0.493 e. The molecule has 1 aromatic rings. The van der Waals surface area contributed by atoms with Gasteiger partial charge in [-0.25, -0.2) is 0 Å². The lowest BCUT2D eigenvalue weighted by molar-refractivity contribution is -0.125. The van der Waals surface area contributed by atoms with Gasteiger partial charge in [0.05, 0.1) is 6.61 Å². The van der Waals surface area contributed by atoms with Crippen LogP contribution in [0.2, 0.25) is 5.02 Å². The van der Waals surface area contributed by atoms with Crippen LogP contribution in [0, 0.1) is 11.3 Å². The number of ether oxygens (including phenoxy) is 1. The molecule has 0 spiro atoms. The van der Waals surface area contributed by atoms with Crippen molar-refractivity contribution in [3.8, 4) is 11.8 Å². The molecule has 1 heterocycles. The van der Waals surface area contributed by atoms with E-state index in [-0.39, 0.29) is 11.5 Å². The molecular formula is C16H17ClN2O2. The van der Waals surface area contributed by atoms with Gasteiger partial charge in [-0.2, -0.15) is 5.26 Å². The zero-order valence-corrected chi connectivity index (χ0v) is 12.7. The Balaban J connectivity index is 2.33. The van der Waals surface area contributed by atoms with Gasteiger partial charge in [-0.15, -0.1) is 0 Å². The van der Waals surface area contributed by atoms with Crippen LogP contribution in [0.3, 0.4) is 0 Å². The van der Waals surface area contributed by atoms with E-state index in [0.717, 1.165) is 12.8 Å². The van der Waals surface area contributed by atoms with Crippen LogP contribution in [0.4, 0.5) is 0 Å². The standard InChI is InChI=1S/C16H17ClN2O2/c1-2-21-15-6-5-14(17)10-12(15)9-13(11-18)16(20)19-7-3-4-8-19/h5-6,9-10H,2-4,7-8H2,1H3/b13-9+. The molecule has 0 aliphatic carbocycles. The van der Waals surface area contributed by atoms with Crippen LogP contribution in [0.5, 0.6) is 5.75 Å². The molecule has 1 aliphatic heterocycles. The van der Waals surface area contributed by atoms with Gasteiger partial charge in [0.15, 0.2) is 0 Å². The maximum Gasteiger partial charge on any atom is 0.264 e. The summed E-state index contributed by atoms with van der Waals surface area (Å²) in [6, 6.07) is 7.15. The highest BCUT2D eigenvalue weighted by atomic mass is 35.5. The summed E-state index contributed by atoms with van der Waals surface area (Å²) in [7, 11) is 0. The predicted octanol–water partition coefficient (Wildman–Crippen LogP) is 3.27. The van der Waals surface area contributed by atoms with Crippen LogP contribution in [0.15, 0.2) is 23.8 Å². The third kappa shape index (κ3) is 3.77. The lowest BCUT2D eigenvalue weighted by Gasteiger charge is -2.14. The number of hydrogen-bond donors (Lipinski definition) is 0. The van der Waals surface area contributed by atoms with Crippen molar-refractivity contribution in [3.05, 3.63) is 34.4 Å². The van der Waals surface area contributed by atoms with E-state index in [2.05, 4.69) is 0 Å². The van der Waals surface area contributed by atoms with Gasteiger partial charge in [0.25, 0.3) is 5.91 Å². The Morgan fingerprint density at radius 3 is 2.81 bits per heavy atom. The van der Waals surface area contributed by atoms with Gasteiger partial charge in [-0.05, 0) is 44.0 Å². The zero-order valence-electron chi connectivity index (χ0n) is 11.9. The number of halogens is 1. The van der Waals surface area contributed by atoms with Crippen molar-refractivity contribution < 1.29 is 9.53 Å². The second-order valence-electron chi connectivity index (χ2n) is 4.78. The van der Waals surface area contributed by atoms with Crippen molar-refractivity contribution in [1.82, 2.24) is 4.90 Å². The fraction of sp³-hybridized carbons (Fsp3) is 0.375. The molecule has 4 nitrogen and oxygen atoms in total. The highest BCUT2D eigenvalue weighted by molar-refractivity contribution is 6.30. The van der Waals surface area contributed by atoms with E-state index in [9.17, 15) is 10.1 Å². The highest BCUT2D eigenvalue weighted by Crippen LogP contribution is 2.26. The number of carbonyl (C=O) groups excluding carboxylic acids is 1. The molecular weight excluding hydrogens is 288 g/mol. The van der Waals surface area contributed by atoms with Crippen molar-refractivity contribution in [2.24, 2.45) is 0 Å². The average Bonchev–Trinajstić information content (AvgIpc) is 3.01. The summed E-state index contributed by atoms with van der Waals surface area (Å²) in [6.07, 6.45) is 3.54. The minimum atomic E-state index is -0.225. The first kappa shape index (κ1) is 15.4. The van der Waals surface area contributed by atoms with Crippen LogP contribution in [0.25, 0.3) is 6.08 Å². The van der Waals surface area contributed by atoms with E-state index in [1.807, 2.05) is 13.0 Å². The molecule has 1 fully saturated rings. The first-order chi connectivity index (χ1) is 10.2. The second-order valence-corrected chi connectivity index (χ2v) is 5.22. The lowest BCUT2D eigenvalue weighted by Crippen LogP contribution is -2.28.